The van der Waals surface area contributed by atoms with Gasteiger partial charge in [-0.1, -0.05) is 59.6 Å². The van der Waals surface area contributed by atoms with Gasteiger partial charge in [0.1, 0.15) is 5.76 Å². The summed E-state index contributed by atoms with van der Waals surface area (Å²) >= 11 is 12.2. The summed E-state index contributed by atoms with van der Waals surface area (Å²) in [4.78, 5) is 25.4. The third kappa shape index (κ3) is 4.92. The number of furan rings is 1. The summed E-state index contributed by atoms with van der Waals surface area (Å²) in [6, 6.07) is 28.5. The van der Waals surface area contributed by atoms with Crippen molar-refractivity contribution in [2.24, 2.45) is 0 Å². The summed E-state index contributed by atoms with van der Waals surface area (Å²) in [6.45, 7) is 0. The molecule has 0 aliphatic heterocycles. The summed E-state index contributed by atoms with van der Waals surface area (Å²) in [7, 11) is 0. The van der Waals surface area contributed by atoms with Gasteiger partial charge in [0.15, 0.2) is 5.76 Å². The van der Waals surface area contributed by atoms with Crippen LogP contribution in [0.25, 0.3) is 22.1 Å². The summed E-state index contributed by atoms with van der Waals surface area (Å²) in [6.07, 6.45) is 0. The van der Waals surface area contributed by atoms with Crippen molar-refractivity contribution in [3.8, 4) is 11.3 Å². The number of carbonyl (C=O) groups is 2. The zero-order chi connectivity index (χ0) is 24.4. The first kappa shape index (κ1) is 22.7. The Morgan fingerprint density at radius 1 is 0.714 bits per heavy atom. The van der Waals surface area contributed by atoms with E-state index in [0.29, 0.717) is 32.6 Å². The molecule has 5 aromatic rings. The monoisotopic (exact) mass is 500 g/mol. The maximum Gasteiger partial charge on any atom is 0.291 e. The van der Waals surface area contributed by atoms with Gasteiger partial charge in [0, 0.05) is 32.9 Å². The fourth-order valence-electron chi connectivity index (χ4n) is 3.72. The van der Waals surface area contributed by atoms with Crippen molar-refractivity contribution in [3.05, 3.63) is 118 Å². The molecule has 2 N–H and O–H groups in total. The minimum Gasteiger partial charge on any atom is -0.451 e. The number of hydrogen-bond donors (Lipinski definition) is 2. The van der Waals surface area contributed by atoms with Gasteiger partial charge in [-0.05, 0) is 66.0 Å². The highest BCUT2D eigenvalue weighted by molar-refractivity contribution is 6.36. The van der Waals surface area contributed by atoms with Crippen LogP contribution in [-0.4, -0.2) is 11.8 Å². The van der Waals surface area contributed by atoms with Crippen LogP contribution in [0, 0.1) is 0 Å². The molecule has 0 fully saturated rings. The number of hydrogen-bond acceptors (Lipinski definition) is 3. The second kappa shape index (κ2) is 9.66. The lowest BCUT2D eigenvalue weighted by molar-refractivity contribution is 0.0996. The van der Waals surface area contributed by atoms with Crippen LogP contribution < -0.4 is 10.6 Å². The summed E-state index contributed by atoms with van der Waals surface area (Å²) in [5.41, 5.74) is 2.37. The van der Waals surface area contributed by atoms with Crippen LogP contribution >= 0.6 is 23.2 Å². The number of fused-ring (bicyclic) bond motifs is 1. The van der Waals surface area contributed by atoms with Gasteiger partial charge < -0.3 is 15.1 Å². The summed E-state index contributed by atoms with van der Waals surface area (Å²) < 4.78 is 5.68. The molecule has 0 unspecified atom stereocenters. The van der Waals surface area contributed by atoms with E-state index in [-0.39, 0.29) is 11.7 Å². The van der Waals surface area contributed by atoms with Crippen LogP contribution in [0.2, 0.25) is 10.0 Å². The fraction of sp³-hybridized carbons (Fsp3) is 0. The largest absolute Gasteiger partial charge is 0.451 e. The Hall–Kier alpha value is -4.06. The third-order valence-corrected chi connectivity index (χ3v) is 6.02. The fourth-order valence-corrected chi connectivity index (χ4v) is 4.22. The Morgan fingerprint density at radius 2 is 1.49 bits per heavy atom. The van der Waals surface area contributed by atoms with Gasteiger partial charge >= 0.3 is 0 Å². The lowest BCUT2D eigenvalue weighted by Gasteiger charge is -2.09. The Bertz CT molecular complexity index is 1550. The van der Waals surface area contributed by atoms with E-state index in [1.54, 1.807) is 54.6 Å². The number of anilines is 2. The van der Waals surface area contributed by atoms with Gasteiger partial charge in [-0.2, -0.15) is 0 Å². The van der Waals surface area contributed by atoms with Gasteiger partial charge in [0.05, 0.1) is 5.02 Å². The minimum atomic E-state index is -0.422. The van der Waals surface area contributed by atoms with Crippen LogP contribution in [0.15, 0.2) is 101 Å². The van der Waals surface area contributed by atoms with Crippen molar-refractivity contribution in [1.82, 2.24) is 0 Å². The van der Waals surface area contributed by atoms with Crippen LogP contribution in [0.5, 0.6) is 0 Å². The molecule has 0 saturated carbocycles. The Morgan fingerprint density at radius 3 is 2.29 bits per heavy atom. The van der Waals surface area contributed by atoms with Crippen molar-refractivity contribution >= 4 is 57.2 Å². The van der Waals surface area contributed by atoms with Crippen molar-refractivity contribution in [2.45, 2.75) is 0 Å². The minimum absolute atomic E-state index is 0.129. The molecule has 0 spiro atoms. The van der Waals surface area contributed by atoms with E-state index >= 15 is 0 Å². The predicted octanol–water partition coefficient (Wildman–Crippen LogP) is 7.91. The highest BCUT2D eigenvalue weighted by Gasteiger charge is 2.15. The van der Waals surface area contributed by atoms with Gasteiger partial charge in [-0.25, -0.2) is 0 Å². The zero-order valence-corrected chi connectivity index (χ0v) is 19.7. The molecule has 7 heteroatoms. The molecule has 35 heavy (non-hydrogen) atoms. The summed E-state index contributed by atoms with van der Waals surface area (Å²) in [5, 5.41) is 8.67. The standard InChI is InChI=1S/C28H18Cl2N2O3/c29-19-10-13-22(23(30)16-19)25-14-15-26(35-25)28(34)31-20-11-8-18(9-12-20)27(33)32-24-7-3-5-17-4-1-2-6-21(17)24/h1-16H,(H,31,34)(H,32,33). The molecule has 2 amide bonds. The molecule has 0 aliphatic rings. The van der Waals surface area contributed by atoms with E-state index in [4.69, 9.17) is 27.6 Å². The first-order valence-corrected chi connectivity index (χ1v) is 11.5. The predicted molar refractivity (Wildman–Crippen MR) is 140 cm³/mol. The molecule has 1 aromatic heterocycles. The maximum absolute atomic E-state index is 12.8. The van der Waals surface area contributed by atoms with E-state index in [2.05, 4.69) is 10.6 Å². The number of nitrogens with one attached hydrogen (secondary N) is 2. The maximum atomic E-state index is 12.8. The lowest BCUT2D eigenvalue weighted by Crippen LogP contribution is -2.13. The Kier molecular flexibility index (Phi) is 6.27. The van der Waals surface area contributed by atoms with Crippen molar-refractivity contribution < 1.29 is 14.0 Å². The molecular formula is C28H18Cl2N2O3. The van der Waals surface area contributed by atoms with Crippen molar-refractivity contribution in [1.29, 1.82) is 0 Å². The number of carbonyl (C=O) groups excluding carboxylic acids is 2. The first-order chi connectivity index (χ1) is 17.0. The van der Waals surface area contributed by atoms with E-state index < -0.39 is 5.91 Å². The number of amides is 2. The topological polar surface area (TPSA) is 71.3 Å². The molecular weight excluding hydrogens is 483 g/mol. The van der Waals surface area contributed by atoms with Crippen LogP contribution in [0.3, 0.4) is 0 Å². The van der Waals surface area contributed by atoms with Gasteiger partial charge in [-0.15, -0.1) is 0 Å². The smallest absolute Gasteiger partial charge is 0.291 e. The van der Waals surface area contributed by atoms with Crippen LogP contribution in [0.4, 0.5) is 11.4 Å². The summed E-state index contributed by atoms with van der Waals surface area (Å²) in [5.74, 6) is -0.0786. The average Bonchev–Trinajstić information content (AvgIpc) is 3.35. The molecule has 1 heterocycles. The van der Waals surface area contributed by atoms with Gasteiger partial charge in [-0.3, -0.25) is 9.59 Å². The van der Waals surface area contributed by atoms with E-state index in [1.165, 1.54) is 0 Å². The molecule has 0 atom stereocenters. The molecule has 0 bridgehead atoms. The third-order valence-electron chi connectivity index (χ3n) is 5.47. The molecule has 0 saturated heterocycles. The second-order valence-electron chi connectivity index (χ2n) is 7.80. The average molecular weight is 501 g/mol. The van der Waals surface area contributed by atoms with Crippen LogP contribution in [-0.2, 0) is 0 Å². The van der Waals surface area contributed by atoms with Crippen molar-refractivity contribution in [3.63, 3.8) is 0 Å². The highest BCUT2D eigenvalue weighted by atomic mass is 35.5. The number of rotatable bonds is 5. The van der Waals surface area contributed by atoms with E-state index in [1.807, 2.05) is 42.5 Å². The quantitative estimate of drug-likeness (QED) is 0.257. The number of benzene rings is 4. The first-order valence-electron chi connectivity index (χ1n) is 10.7. The molecule has 4 aromatic carbocycles. The molecule has 5 rings (SSSR count). The normalized spacial score (nSPS) is 10.8. The Balaban J connectivity index is 1.26. The SMILES string of the molecule is O=C(Nc1cccc2ccccc12)c1ccc(NC(=O)c2ccc(-c3ccc(Cl)cc3Cl)o2)cc1. The highest BCUT2D eigenvalue weighted by Crippen LogP contribution is 2.31. The zero-order valence-electron chi connectivity index (χ0n) is 18.2. The second-order valence-corrected chi connectivity index (χ2v) is 8.64. The molecule has 172 valence electrons. The van der Waals surface area contributed by atoms with Gasteiger partial charge in [0.2, 0.25) is 0 Å². The van der Waals surface area contributed by atoms with E-state index in [9.17, 15) is 9.59 Å². The van der Waals surface area contributed by atoms with E-state index in [0.717, 1.165) is 16.5 Å². The molecule has 0 aliphatic carbocycles. The molecule has 5 nitrogen and oxygen atoms in total. The van der Waals surface area contributed by atoms with Gasteiger partial charge in [0.25, 0.3) is 11.8 Å². The molecule has 0 radical (unpaired) electrons. The van der Waals surface area contributed by atoms with Crippen molar-refractivity contribution in [2.75, 3.05) is 10.6 Å². The lowest BCUT2D eigenvalue weighted by atomic mass is 10.1. The van der Waals surface area contributed by atoms with Crippen LogP contribution in [0.1, 0.15) is 20.9 Å². The Labute approximate surface area is 211 Å². The number of halogens is 2.